The largest absolute Gasteiger partial charge is 0.459 e. The molecular weight excluding hydrogens is 395 g/mol. The first kappa shape index (κ1) is 20.8. The zero-order chi connectivity index (χ0) is 21.6. The quantitative estimate of drug-likeness (QED) is 0.592. The number of hydrogen-bond donors (Lipinski definition) is 1. The van der Waals surface area contributed by atoms with Crippen molar-refractivity contribution in [2.45, 2.75) is 44.2 Å². The van der Waals surface area contributed by atoms with Crippen LogP contribution in [0.4, 0.5) is 10.1 Å². The molecule has 0 aliphatic heterocycles. The number of halogens is 1. The summed E-state index contributed by atoms with van der Waals surface area (Å²) in [4.78, 5) is 28.2. The second-order valence-electron chi connectivity index (χ2n) is 7.76. The number of amides is 2. The Morgan fingerprint density at radius 1 is 0.935 bits per heavy atom. The summed E-state index contributed by atoms with van der Waals surface area (Å²) < 4.78 is 20.2. The van der Waals surface area contributed by atoms with E-state index in [4.69, 9.17) is 4.42 Å². The molecular formula is C25H25FN2O3. The second kappa shape index (κ2) is 9.60. The minimum atomic E-state index is -1.04. The van der Waals surface area contributed by atoms with Gasteiger partial charge in [-0.25, -0.2) is 4.39 Å². The molecule has 160 valence electrons. The molecule has 0 radical (unpaired) electrons. The Labute approximate surface area is 180 Å². The fraction of sp³-hybridized carbons (Fsp3) is 0.280. The van der Waals surface area contributed by atoms with E-state index in [1.165, 1.54) is 29.4 Å². The van der Waals surface area contributed by atoms with Crippen LogP contribution in [0.15, 0.2) is 77.4 Å². The van der Waals surface area contributed by atoms with Crippen molar-refractivity contribution in [3.05, 3.63) is 90.1 Å². The molecule has 3 aromatic rings. The van der Waals surface area contributed by atoms with Gasteiger partial charge in [0.1, 0.15) is 11.9 Å². The number of nitrogens with zero attached hydrogens (tertiary/aromatic N) is 1. The van der Waals surface area contributed by atoms with Gasteiger partial charge in [0.15, 0.2) is 5.76 Å². The van der Waals surface area contributed by atoms with E-state index in [2.05, 4.69) is 5.32 Å². The van der Waals surface area contributed by atoms with E-state index in [0.29, 0.717) is 5.56 Å². The SMILES string of the molecule is O=C(NC1CCCCC1)[C@H](c1ccccc1)N(C(=O)c1ccco1)c1ccccc1F. The van der Waals surface area contributed by atoms with Crippen molar-refractivity contribution in [1.29, 1.82) is 0 Å². The number of anilines is 1. The predicted octanol–water partition coefficient (Wildman–Crippen LogP) is 5.26. The summed E-state index contributed by atoms with van der Waals surface area (Å²) in [6.45, 7) is 0. The molecule has 1 N–H and O–H groups in total. The normalized spacial score (nSPS) is 15.3. The molecule has 1 fully saturated rings. The van der Waals surface area contributed by atoms with Crippen LogP contribution < -0.4 is 10.2 Å². The summed E-state index contributed by atoms with van der Waals surface area (Å²) in [5.74, 6) is -1.47. The van der Waals surface area contributed by atoms with Gasteiger partial charge in [0.2, 0.25) is 5.91 Å². The Kier molecular flexibility index (Phi) is 6.46. The standard InChI is InChI=1S/C25H25FN2O3/c26-20-14-7-8-15-21(20)28(25(30)22-16-9-17-31-22)23(18-10-3-1-4-11-18)24(29)27-19-12-5-2-6-13-19/h1,3-4,7-11,14-17,19,23H,2,5-6,12-13H2,(H,27,29)/t23-/m0/s1. The van der Waals surface area contributed by atoms with Crippen LogP contribution in [0.2, 0.25) is 0 Å². The van der Waals surface area contributed by atoms with Gasteiger partial charge in [-0.3, -0.25) is 14.5 Å². The van der Waals surface area contributed by atoms with Crippen LogP contribution in [0.5, 0.6) is 0 Å². The van der Waals surface area contributed by atoms with Gasteiger partial charge in [0.25, 0.3) is 5.91 Å². The summed E-state index contributed by atoms with van der Waals surface area (Å²) in [5, 5.41) is 3.10. The molecule has 1 saturated carbocycles. The van der Waals surface area contributed by atoms with Crippen molar-refractivity contribution in [3.63, 3.8) is 0 Å². The predicted molar refractivity (Wildman–Crippen MR) is 116 cm³/mol. The maximum absolute atomic E-state index is 14.9. The van der Waals surface area contributed by atoms with Gasteiger partial charge < -0.3 is 9.73 Å². The Morgan fingerprint density at radius 3 is 2.32 bits per heavy atom. The maximum atomic E-state index is 14.9. The molecule has 0 bridgehead atoms. The Hall–Kier alpha value is -3.41. The van der Waals surface area contributed by atoms with E-state index < -0.39 is 17.8 Å². The lowest BCUT2D eigenvalue weighted by molar-refractivity contribution is -0.123. The molecule has 1 aliphatic rings. The summed E-state index contributed by atoms with van der Waals surface area (Å²) in [5.41, 5.74) is 0.621. The van der Waals surface area contributed by atoms with Gasteiger partial charge in [-0.15, -0.1) is 0 Å². The van der Waals surface area contributed by atoms with E-state index in [9.17, 15) is 14.0 Å². The fourth-order valence-corrected chi connectivity index (χ4v) is 4.11. The lowest BCUT2D eigenvalue weighted by atomic mass is 9.94. The number of hydrogen-bond acceptors (Lipinski definition) is 3. The van der Waals surface area contributed by atoms with Crippen LogP contribution in [0.3, 0.4) is 0 Å². The van der Waals surface area contributed by atoms with Crippen LogP contribution in [-0.4, -0.2) is 17.9 Å². The molecule has 0 unspecified atom stereocenters. The van der Waals surface area contributed by atoms with Gasteiger partial charge in [-0.2, -0.15) is 0 Å². The van der Waals surface area contributed by atoms with E-state index in [-0.39, 0.29) is 23.4 Å². The summed E-state index contributed by atoms with van der Waals surface area (Å²) in [7, 11) is 0. The highest BCUT2D eigenvalue weighted by Gasteiger charge is 2.36. The third-order valence-corrected chi connectivity index (χ3v) is 5.64. The van der Waals surface area contributed by atoms with Crippen molar-refractivity contribution in [2.75, 3.05) is 4.90 Å². The molecule has 2 aromatic carbocycles. The number of rotatable bonds is 6. The average Bonchev–Trinajstić information content (AvgIpc) is 3.34. The number of carbonyl (C=O) groups excluding carboxylic acids is 2. The number of carbonyl (C=O) groups is 2. The molecule has 31 heavy (non-hydrogen) atoms. The summed E-state index contributed by atoms with van der Waals surface area (Å²) in [6.07, 6.45) is 6.46. The first-order valence-corrected chi connectivity index (χ1v) is 10.6. The highest BCUT2D eigenvalue weighted by Crippen LogP contribution is 2.32. The van der Waals surface area contributed by atoms with Crippen LogP contribution in [0.1, 0.15) is 54.3 Å². The Morgan fingerprint density at radius 2 is 1.65 bits per heavy atom. The van der Waals surface area contributed by atoms with E-state index in [1.54, 1.807) is 42.5 Å². The van der Waals surface area contributed by atoms with Crippen molar-refractivity contribution in [1.82, 2.24) is 5.32 Å². The molecule has 2 amide bonds. The lowest BCUT2D eigenvalue weighted by Crippen LogP contribution is -2.47. The first-order chi connectivity index (χ1) is 15.1. The molecule has 1 heterocycles. The topological polar surface area (TPSA) is 62.6 Å². The van der Waals surface area contributed by atoms with Crippen molar-refractivity contribution >= 4 is 17.5 Å². The minimum absolute atomic E-state index is 0.0246. The zero-order valence-electron chi connectivity index (χ0n) is 17.2. The Balaban J connectivity index is 1.78. The smallest absolute Gasteiger partial charge is 0.295 e. The Bertz CT molecular complexity index is 1010. The number of furan rings is 1. The lowest BCUT2D eigenvalue weighted by Gasteiger charge is -2.33. The molecule has 0 spiro atoms. The number of benzene rings is 2. The first-order valence-electron chi connectivity index (χ1n) is 10.6. The fourth-order valence-electron chi connectivity index (χ4n) is 4.11. The van der Waals surface area contributed by atoms with Crippen LogP contribution in [0, 0.1) is 5.82 Å². The monoisotopic (exact) mass is 420 g/mol. The van der Waals surface area contributed by atoms with Gasteiger partial charge in [0.05, 0.1) is 12.0 Å². The van der Waals surface area contributed by atoms with Crippen LogP contribution in [0.25, 0.3) is 0 Å². The van der Waals surface area contributed by atoms with Gasteiger partial charge in [0, 0.05) is 6.04 Å². The molecule has 1 atom stereocenters. The van der Waals surface area contributed by atoms with Crippen molar-refractivity contribution < 1.29 is 18.4 Å². The third-order valence-electron chi connectivity index (χ3n) is 5.64. The molecule has 1 aromatic heterocycles. The molecule has 1 aliphatic carbocycles. The van der Waals surface area contributed by atoms with E-state index in [0.717, 1.165) is 32.1 Å². The average molecular weight is 420 g/mol. The third kappa shape index (κ3) is 4.68. The molecule has 0 saturated heterocycles. The van der Waals surface area contributed by atoms with Crippen LogP contribution >= 0.6 is 0 Å². The molecule has 6 heteroatoms. The molecule has 5 nitrogen and oxygen atoms in total. The van der Waals surface area contributed by atoms with E-state index in [1.807, 2.05) is 6.07 Å². The molecule has 4 rings (SSSR count). The number of nitrogens with one attached hydrogen (secondary N) is 1. The maximum Gasteiger partial charge on any atom is 0.295 e. The van der Waals surface area contributed by atoms with Gasteiger partial charge in [-0.1, -0.05) is 61.7 Å². The second-order valence-corrected chi connectivity index (χ2v) is 7.76. The van der Waals surface area contributed by atoms with Crippen molar-refractivity contribution in [2.24, 2.45) is 0 Å². The zero-order valence-corrected chi connectivity index (χ0v) is 17.2. The highest BCUT2D eigenvalue weighted by molar-refractivity contribution is 6.08. The van der Waals surface area contributed by atoms with E-state index >= 15 is 0 Å². The summed E-state index contributed by atoms with van der Waals surface area (Å²) in [6, 6.07) is 17.1. The van der Waals surface area contributed by atoms with Gasteiger partial charge >= 0.3 is 0 Å². The van der Waals surface area contributed by atoms with Gasteiger partial charge in [-0.05, 0) is 42.7 Å². The number of para-hydroxylation sites is 1. The highest BCUT2D eigenvalue weighted by atomic mass is 19.1. The summed E-state index contributed by atoms with van der Waals surface area (Å²) >= 11 is 0. The van der Waals surface area contributed by atoms with Crippen molar-refractivity contribution in [3.8, 4) is 0 Å². The van der Waals surface area contributed by atoms with Crippen LogP contribution in [-0.2, 0) is 4.79 Å². The minimum Gasteiger partial charge on any atom is -0.459 e.